The van der Waals surface area contributed by atoms with Gasteiger partial charge in [0.05, 0.1) is 13.2 Å². The second kappa shape index (κ2) is 6.76. The van der Waals surface area contributed by atoms with E-state index < -0.39 is 23.7 Å². The van der Waals surface area contributed by atoms with Crippen molar-refractivity contribution in [2.24, 2.45) is 0 Å². The predicted octanol–water partition coefficient (Wildman–Crippen LogP) is 2.10. The lowest BCUT2D eigenvalue weighted by atomic mass is 9.88. The molecule has 2 aromatic carbocycles. The monoisotopic (exact) mass is 338 g/mol. The highest BCUT2D eigenvalue weighted by atomic mass is 16.5. The van der Waals surface area contributed by atoms with Crippen LogP contribution in [0.5, 0.6) is 0 Å². The van der Waals surface area contributed by atoms with Crippen molar-refractivity contribution in [1.29, 1.82) is 0 Å². The first-order chi connectivity index (χ1) is 12.0. The van der Waals surface area contributed by atoms with Gasteiger partial charge in [-0.2, -0.15) is 0 Å². The summed E-state index contributed by atoms with van der Waals surface area (Å²) in [6.45, 7) is 1.91. The molecule has 2 N–H and O–H groups in total. The Morgan fingerprint density at radius 1 is 1.12 bits per heavy atom. The van der Waals surface area contributed by atoms with Crippen molar-refractivity contribution < 1.29 is 19.1 Å². The Morgan fingerprint density at radius 3 is 2.48 bits per heavy atom. The molecule has 6 heteroatoms. The minimum atomic E-state index is -1.12. The first-order valence-corrected chi connectivity index (χ1v) is 7.98. The number of nitrogens with two attached hydrogens (primary N) is 1. The lowest BCUT2D eigenvalue weighted by molar-refractivity contribution is -0.150. The smallest absolute Gasteiger partial charge is 0.323 e. The lowest BCUT2D eigenvalue weighted by Gasteiger charge is -2.31. The zero-order valence-corrected chi connectivity index (χ0v) is 13.8. The standard InChI is InChI=1S/C19H18N2O4/c1-2-25-19(24)16-14-5-3-4-6-15(14)17(22)21(18(16)23)11-12-7-9-13(20)10-8-12/h3-10,16H,2,11,20H2,1H3. The number of benzene rings is 2. The molecular formula is C19H18N2O4. The summed E-state index contributed by atoms with van der Waals surface area (Å²) in [5.41, 5.74) is 7.74. The van der Waals surface area contributed by atoms with Crippen molar-refractivity contribution in [3.05, 3.63) is 65.2 Å². The van der Waals surface area contributed by atoms with E-state index in [0.717, 1.165) is 10.5 Å². The Morgan fingerprint density at radius 2 is 1.80 bits per heavy atom. The molecule has 0 saturated carbocycles. The van der Waals surface area contributed by atoms with Crippen molar-refractivity contribution in [1.82, 2.24) is 4.90 Å². The molecule has 0 aromatic heterocycles. The molecule has 0 saturated heterocycles. The van der Waals surface area contributed by atoms with Crippen LogP contribution in [0, 0.1) is 0 Å². The van der Waals surface area contributed by atoms with Crippen molar-refractivity contribution in [3.63, 3.8) is 0 Å². The molecule has 6 nitrogen and oxygen atoms in total. The van der Waals surface area contributed by atoms with Gasteiger partial charge in [0.2, 0.25) is 5.91 Å². The van der Waals surface area contributed by atoms with Gasteiger partial charge >= 0.3 is 5.97 Å². The molecule has 128 valence electrons. The number of carbonyl (C=O) groups is 3. The van der Waals surface area contributed by atoms with Crippen LogP contribution in [-0.2, 0) is 20.9 Å². The third kappa shape index (κ3) is 3.10. The fourth-order valence-corrected chi connectivity index (χ4v) is 2.89. The molecule has 1 aliphatic heterocycles. The van der Waals surface area contributed by atoms with Crippen LogP contribution >= 0.6 is 0 Å². The number of rotatable bonds is 4. The number of hydrogen-bond acceptors (Lipinski definition) is 5. The highest BCUT2D eigenvalue weighted by Gasteiger charge is 2.43. The minimum Gasteiger partial charge on any atom is -0.465 e. The van der Waals surface area contributed by atoms with Gasteiger partial charge in [-0.1, -0.05) is 30.3 Å². The van der Waals surface area contributed by atoms with Gasteiger partial charge in [-0.05, 0) is 36.2 Å². The van der Waals surface area contributed by atoms with Gasteiger partial charge in [0, 0.05) is 11.3 Å². The Labute approximate surface area is 145 Å². The fraction of sp³-hybridized carbons (Fsp3) is 0.211. The molecule has 25 heavy (non-hydrogen) atoms. The number of carbonyl (C=O) groups excluding carboxylic acids is 3. The van der Waals surface area contributed by atoms with Gasteiger partial charge < -0.3 is 10.5 Å². The maximum absolute atomic E-state index is 12.9. The van der Waals surface area contributed by atoms with E-state index in [2.05, 4.69) is 0 Å². The van der Waals surface area contributed by atoms with Crippen LogP contribution in [0.2, 0.25) is 0 Å². The topological polar surface area (TPSA) is 89.7 Å². The van der Waals surface area contributed by atoms with Gasteiger partial charge in [-0.3, -0.25) is 19.3 Å². The lowest BCUT2D eigenvalue weighted by Crippen LogP contribution is -2.46. The summed E-state index contributed by atoms with van der Waals surface area (Å²) >= 11 is 0. The number of ether oxygens (including phenoxy) is 1. The summed E-state index contributed by atoms with van der Waals surface area (Å²) < 4.78 is 5.04. The normalized spacial score (nSPS) is 16.5. The molecular weight excluding hydrogens is 320 g/mol. The van der Waals surface area contributed by atoms with Gasteiger partial charge in [0.1, 0.15) is 0 Å². The largest absolute Gasteiger partial charge is 0.465 e. The maximum Gasteiger partial charge on any atom is 0.323 e. The van der Waals surface area contributed by atoms with Crippen LogP contribution in [0.4, 0.5) is 5.69 Å². The summed E-state index contributed by atoms with van der Waals surface area (Å²) in [5.74, 6) is -2.76. The highest BCUT2D eigenvalue weighted by molar-refractivity contribution is 6.17. The van der Waals surface area contributed by atoms with Gasteiger partial charge in [-0.15, -0.1) is 0 Å². The summed E-state index contributed by atoms with van der Waals surface area (Å²) in [5, 5.41) is 0. The van der Waals surface area contributed by atoms with E-state index in [1.165, 1.54) is 0 Å². The van der Waals surface area contributed by atoms with Crippen molar-refractivity contribution in [2.75, 3.05) is 12.3 Å². The van der Waals surface area contributed by atoms with E-state index in [-0.39, 0.29) is 13.2 Å². The average Bonchev–Trinajstić information content (AvgIpc) is 2.61. The van der Waals surface area contributed by atoms with E-state index in [1.54, 1.807) is 55.5 Å². The molecule has 0 bridgehead atoms. The zero-order valence-electron chi connectivity index (χ0n) is 13.8. The molecule has 2 amide bonds. The molecule has 0 fully saturated rings. The van der Waals surface area contributed by atoms with E-state index in [0.29, 0.717) is 16.8 Å². The van der Waals surface area contributed by atoms with Gasteiger partial charge in [0.25, 0.3) is 5.91 Å². The quantitative estimate of drug-likeness (QED) is 0.399. The van der Waals surface area contributed by atoms with Crippen LogP contribution in [0.1, 0.15) is 34.3 Å². The number of imide groups is 1. The fourth-order valence-electron chi connectivity index (χ4n) is 2.89. The second-order valence-electron chi connectivity index (χ2n) is 5.74. The predicted molar refractivity (Wildman–Crippen MR) is 91.6 cm³/mol. The Balaban J connectivity index is 1.99. The summed E-state index contributed by atoms with van der Waals surface area (Å²) in [7, 11) is 0. The molecule has 0 radical (unpaired) electrons. The zero-order chi connectivity index (χ0) is 18.0. The molecule has 1 aliphatic rings. The molecule has 1 heterocycles. The Bertz CT molecular complexity index is 830. The van der Waals surface area contributed by atoms with E-state index >= 15 is 0 Å². The van der Waals surface area contributed by atoms with Crippen LogP contribution < -0.4 is 5.73 Å². The Hall–Kier alpha value is -3.15. The first kappa shape index (κ1) is 16.7. The third-order valence-corrected chi connectivity index (χ3v) is 4.10. The molecule has 0 spiro atoms. The average molecular weight is 338 g/mol. The van der Waals surface area contributed by atoms with E-state index in [4.69, 9.17) is 10.5 Å². The molecule has 1 atom stereocenters. The maximum atomic E-state index is 12.9. The van der Waals surface area contributed by atoms with Crippen LogP contribution in [0.15, 0.2) is 48.5 Å². The van der Waals surface area contributed by atoms with Gasteiger partial charge in [0.15, 0.2) is 5.92 Å². The Kier molecular flexibility index (Phi) is 4.52. The first-order valence-electron chi connectivity index (χ1n) is 7.98. The number of amides is 2. The molecule has 2 aromatic rings. The van der Waals surface area contributed by atoms with E-state index in [9.17, 15) is 14.4 Å². The van der Waals surface area contributed by atoms with Crippen LogP contribution in [0.25, 0.3) is 0 Å². The number of anilines is 1. The van der Waals surface area contributed by atoms with Crippen molar-refractivity contribution in [2.45, 2.75) is 19.4 Å². The van der Waals surface area contributed by atoms with E-state index in [1.807, 2.05) is 0 Å². The van der Waals surface area contributed by atoms with Crippen molar-refractivity contribution >= 4 is 23.5 Å². The number of nitrogens with zero attached hydrogens (tertiary/aromatic N) is 1. The molecule has 0 aliphatic carbocycles. The SMILES string of the molecule is CCOC(=O)C1C(=O)N(Cc2ccc(N)cc2)C(=O)c2ccccc21. The highest BCUT2D eigenvalue weighted by Crippen LogP contribution is 2.31. The summed E-state index contributed by atoms with van der Waals surface area (Å²) in [4.78, 5) is 39.0. The molecule has 1 unspecified atom stereocenters. The van der Waals surface area contributed by atoms with Crippen LogP contribution in [-0.4, -0.2) is 29.3 Å². The number of hydrogen-bond donors (Lipinski definition) is 1. The summed E-state index contributed by atoms with van der Waals surface area (Å²) in [6, 6.07) is 13.5. The third-order valence-electron chi connectivity index (χ3n) is 4.10. The number of esters is 1. The van der Waals surface area contributed by atoms with Crippen LogP contribution in [0.3, 0.4) is 0 Å². The van der Waals surface area contributed by atoms with Crippen molar-refractivity contribution in [3.8, 4) is 0 Å². The number of fused-ring (bicyclic) bond motifs is 1. The number of nitrogen functional groups attached to an aromatic ring is 1. The second-order valence-corrected chi connectivity index (χ2v) is 5.74. The van der Waals surface area contributed by atoms with Gasteiger partial charge in [-0.25, -0.2) is 0 Å². The molecule has 3 rings (SSSR count). The minimum absolute atomic E-state index is 0.0716. The summed E-state index contributed by atoms with van der Waals surface area (Å²) in [6.07, 6.45) is 0.